The maximum atomic E-state index is 11.6. The fraction of sp³-hybridized carbons (Fsp3) is 0.348. The summed E-state index contributed by atoms with van der Waals surface area (Å²) in [5, 5.41) is 1.15. The van der Waals surface area contributed by atoms with Crippen LogP contribution >= 0.6 is 0 Å². The third-order valence-electron chi connectivity index (χ3n) is 5.50. The lowest BCUT2D eigenvalue weighted by atomic mass is 10.1. The molecular weight excluding hydrogens is 334 g/mol. The van der Waals surface area contributed by atoms with E-state index in [0.717, 1.165) is 35.3 Å². The Kier molecular flexibility index (Phi) is 4.99. The Hall–Kier alpha value is -2.59. The molecule has 1 saturated heterocycles. The maximum absolute atomic E-state index is 11.6. The van der Waals surface area contributed by atoms with E-state index in [4.69, 9.17) is 4.98 Å². The van der Waals surface area contributed by atoms with Crippen LogP contribution < -0.4 is 0 Å². The van der Waals surface area contributed by atoms with Gasteiger partial charge in [0.15, 0.2) is 5.78 Å². The average molecular weight is 359 g/mol. The molecule has 1 aliphatic heterocycles. The van der Waals surface area contributed by atoms with E-state index >= 15 is 0 Å². The number of carbonyl (C=O) groups is 1. The molecule has 1 aliphatic rings. The molecule has 0 bridgehead atoms. The topological polar surface area (TPSA) is 46.1 Å². The van der Waals surface area contributed by atoms with Crippen molar-refractivity contribution >= 4 is 16.7 Å². The van der Waals surface area contributed by atoms with E-state index in [9.17, 15) is 4.79 Å². The second-order valence-electron chi connectivity index (χ2n) is 7.47. The largest absolute Gasteiger partial charge is 0.300 e. The standard InChI is InChI=1S/C23H25N3O/c1-16-5-4-13-26(16)14-12-18-8-10-21-19(15-18)9-11-23(25-21)22-7-3-6-20(24-22)17(2)27/h3,6-11,15-16H,4-5,12-14H2,1-2H3/t16-/m1/s1. The Labute approximate surface area is 160 Å². The van der Waals surface area contributed by atoms with Crippen molar-refractivity contribution in [3.8, 4) is 11.4 Å². The summed E-state index contributed by atoms with van der Waals surface area (Å²) in [7, 11) is 0. The molecule has 4 rings (SSSR count). The minimum atomic E-state index is -0.0328. The second-order valence-corrected chi connectivity index (χ2v) is 7.47. The number of fused-ring (bicyclic) bond motifs is 1. The van der Waals surface area contributed by atoms with Gasteiger partial charge in [-0.15, -0.1) is 0 Å². The van der Waals surface area contributed by atoms with Crippen LogP contribution in [-0.2, 0) is 6.42 Å². The summed E-state index contributed by atoms with van der Waals surface area (Å²) in [6.07, 6.45) is 3.72. The van der Waals surface area contributed by atoms with Crippen molar-refractivity contribution in [2.45, 2.75) is 39.2 Å². The normalized spacial score (nSPS) is 17.5. The average Bonchev–Trinajstić information content (AvgIpc) is 3.10. The zero-order chi connectivity index (χ0) is 18.8. The van der Waals surface area contributed by atoms with Crippen molar-refractivity contribution in [1.82, 2.24) is 14.9 Å². The number of Topliss-reactive ketones (excluding diaryl/α,β-unsaturated/α-hetero) is 1. The van der Waals surface area contributed by atoms with E-state index in [1.807, 2.05) is 18.2 Å². The van der Waals surface area contributed by atoms with E-state index in [-0.39, 0.29) is 5.78 Å². The van der Waals surface area contributed by atoms with Gasteiger partial charge in [0.1, 0.15) is 5.69 Å². The zero-order valence-corrected chi connectivity index (χ0v) is 16.0. The number of pyridine rings is 2. The van der Waals surface area contributed by atoms with Gasteiger partial charge in [-0.05, 0) is 68.6 Å². The molecule has 3 aromatic rings. The van der Waals surface area contributed by atoms with Crippen molar-refractivity contribution in [2.24, 2.45) is 0 Å². The van der Waals surface area contributed by atoms with Gasteiger partial charge in [0, 0.05) is 24.9 Å². The minimum absolute atomic E-state index is 0.0328. The second kappa shape index (κ2) is 7.57. The Balaban J connectivity index is 1.55. The summed E-state index contributed by atoms with van der Waals surface area (Å²) in [5.41, 5.74) is 4.32. The molecule has 4 nitrogen and oxygen atoms in total. The van der Waals surface area contributed by atoms with Crippen LogP contribution in [0.15, 0.2) is 48.5 Å². The van der Waals surface area contributed by atoms with Crippen molar-refractivity contribution in [3.05, 3.63) is 59.8 Å². The first kappa shape index (κ1) is 17.8. The summed E-state index contributed by atoms with van der Waals surface area (Å²) < 4.78 is 0. The van der Waals surface area contributed by atoms with E-state index in [1.165, 1.54) is 31.9 Å². The first-order valence-corrected chi connectivity index (χ1v) is 9.72. The monoisotopic (exact) mass is 359 g/mol. The lowest BCUT2D eigenvalue weighted by molar-refractivity contribution is 0.101. The lowest BCUT2D eigenvalue weighted by Crippen LogP contribution is -2.28. The number of rotatable bonds is 5. The molecule has 0 N–H and O–H groups in total. The molecule has 0 saturated carbocycles. The molecule has 1 aromatic carbocycles. The highest BCUT2D eigenvalue weighted by molar-refractivity contribution is 5.92. The van der Waals surface area contributed by atoms with Crippen LogP contribution in [0.5, 0.6) is 0 Å². The number of likely N-dealkylation sites (tertiary alicyclic amines) is 1. The number of hydrogen-bond acceptors (Lipinski definition) is 4. The van der Waals surface area contributed by atoms with Gasteiger partial charge in [0.2, 0.25) is 0 Å². The van der Waals surface area contributed by atoms with Gasteiger partial charge in [0.25, 0.3) is 0 Å². The van der Waals surface area contributed by atoms with Crippen LogP contribution in [0, 0.1) is 0 Å². The highest BCUT2D eigenvalue weighted by atomic mass is 16.1. The predicted molar refractivity (Wildman–Crippen MR) is 109 cm³/mol. The molecule has 1 fully saturated rings. The van der Waals surface area contributed by atoms with E-state index in [0.29, 0.717) is 11.7 Å². The fourth-order valence-corrected chi connectivity index (χ4v) is 3.84. The molecule has 4 heteroatoms. The molecule has 0 aliphatic carbocycles. The zero-order valence-electron chi connectivity index (χ0n) is 16.0. The first-order chi connectivity index (χ1) is 13.1. The third kappa shape index (κ3) is 3.91. The van der Waals surface area contributed by atoms with Gasteiger partial charge in [0.05, 0.1) is 16.9 Å². The van der Waals surface area contributed by atoms with Gasteiger partial charge in [-0.1, -0.05) is 18.2 Å². The summed E-state index contributed by atoms with van der Waals surface area (Å²) in [4.78, 5) is 23.3. The van der Waals surface area contributed by atoms with Crippen molar-refractivity contribution in [2.75, 3.05) is 13.1 Å². The number of benzene rings is 1. The Bertz CT molecular complexity index is 982. The van der Waals surface area contributed by atoms with Crippen LogP contribution in [0.4, 0.5) is 0 Å². The van der Waals surface area contributed by atoms with Crippen LogP contribution in [-0.4, -0.2) is 39.8 Å². The van der Waals surface area contributed by atoms with E-state index in [2.05, 4.69) is 41.1 Å². The highest BCUT2D eigenvalue weighted by Gasteiger charge is 2.19. The molecule has 3 heterocycles. The summed E-state index contributed by atoms with van der Waals surface area (Å²) >= 11 is 0. The summed E-state index contributed by atoms with van der Waals surface area (Å²) in [5.74, 6) is -0.0328. The fourth-order valence-electron chi connectivity index (χ4n) is 3.84. The number of nitrogens with zero attached hydrogens (tertiary/aromatic N) is 3. The summed E-state index contributed by atoms with van der Waals surface area (Å²) in [6, 6.07) is 16.8. The quantitative estimate of drug-likeness (QED) is 0.628. The van der Waals surface area contributed by atoms with Gasteiger partial charge in [-0.2, -0.15) is 0 Å². The van der Waals surface area contributed by atoms with E-state index < -0.39 is 0 Å². The molecule has 0 spiro atoms. The molecule has 138 valence electrons. The first-order valence-electron chi connectivity index (χ1n) is 9.72. The minimum Gasteiger partial charge on any atom is -0.300 e. The number of carbonyl (C=O) groups excluding carboxylic acids is 1. The van der Waals surface area contributed by atoms with Crippen LogP contribution in [0.1, 0.15) is 42.7 Å². The third-order valence-corrected chi connectivity index (χ3v) is 5.50. The maximum Gasteiger partial charge on any atom is 0.178 e. The Morgan fingerprint density at radius 3 is 2.74 bits per heavy atom. The van der Waals surface area contributed by atoms with Gasteiger partial charge in [-0.3, -0.25) is 4.79 Å². The van der Waals surface area contributed by atoms with Crippen LogP contribution in [0.25, 0.3) is 22.3 Å². The van der Waals surface area contributed by atoms with Crippen molar-refractivity contribution < 1.29 is 4.79 Å². The SMILES string of the molecule is CC(=O)c1cccc(-c2ccc3cc(CCN4CCC[C@H]4C)ccc3n2)n1. The van der Waals surface area contributed by atoms with Crippen LogP contribution in [0.2, 0.25) is 0 Å². The van der Waals surface area contributed by atoms with Gasteiger partial charge >= 0.3 is 0 Å². The molecule has 0 amide bonds. The van der Waals surface area contributed by atoms with Crippen molar-refractivity contribution in [1.29, 1.82) is 0 Å². The van der Waals surface area contributed by atoms with Crippen molar-refractivity contribution in [3.63, 3.8) is 0 Å². The molecule has 0 radical (unpaired) electrons. The molecule has 0 unspecified atom stereocenters. The lowest BCUT2D eigenvalue weighted by Gasteiger charge is -2.20. The molecular formula is C23H25N3O. The van der Waals surface area contributed by atoms with E-state index in [1.54, 1.807) is 6.07 Å². The number of hydrogen-bond donors (Lipinski definition) is 0. The number of aromatic nitrogens is 2. The van der Waals surface area contributed by atoms with Crippen LogP contribution in [0.3, 0.4) is 0 Å². The number of ketones is 1. The summed E-state index contributed by atoms with van der Waals surface area (Å²) in [6.45, 7) is 6.21. The molecule has 27 heavy (non-hydrogen) atoms. The Morgan fingerprint density at radius 2 is 1.96 bits per heavy atom. The van der Waals surface area contributed by atoms with Gasteiger partial charge in [-0.25, -0.2) is 9.97 Å². The highest BCUT2D eigenvalue weighted by Crippen LogP contribution is 2.22. The van der Waals surface area contributed by atoms with Gasteiger partial charge < -0.3 is 4.90 Å². The smallest absolute Gasteiger partial charge is 0.178 e. The Morgan fingerprint density at radius 1 is 1.11 bits per heavy atom. The molecule has 2 aromatic heterocycles. The predicted octanol–water partition coefficient (Wildman–Crippen LogP) is 4.53. The molecule has 1 atom stereocenters.